The first-order chi connectivity index (χ1) is 12.1. The van der Waals surface area contributed by atoms with Gasteiger partial charge in [-0.1, -0.05) is 11.6 Å². The average Bonchev–Trinajstić information content (AvgIpc) is 2.62. The summed E-state index contributed by atoms with van der Waals surface area (Å²) >= 11 is 5.96. The number of benzene rings is 1. The predicted octanol–water partition coefficient (Wildman–Crippen LogP) is 3.89. The number of rotatable bonds is 5. The highest BCUT2D eigenvalue weighted by atomic mass is 35.5. The summed E-state index contributed by atoms with van der Waals surface area (Å²) in [5, 5.41) is 17.4. The number of halogens is 1. The zero-order valence-corrected chi connectivity index (χ0v) is 13.9. The molecule has 0 aliphatic carbocycles. The van der Waals surface area contributed by atoms with E-state index in [-0.39, 0.29) is 11.4 Å². The molecule has 0 fully saturated rings. The molecule has 2 N–H and O–H groups in total. The van der Waals surface area contributed by atoms with E-state index in [2.05, 4.69) is 25.6 Å². The second-order valence-electron chi connectivity index (χ2n) is 5.00. The number of anilines is 3. The van der Waals surface area contributed by atoms with Gasteiger partial charge in [0.05, 0.1) is 10.6 Å². The van der Waals surface area contributed by atoms with Crippen molar-refractivity contribution in [3.8, 4) is 11.3 Å². The molecule has 0 saturated carbocycles. The van der Waals surface area contributed by atoms with Crippen molar-refractivity contribution in [3.05, 3.63) is 63.9 Å². The minimum atomic E-state index is -0.485. The molecule has 3 rings (SSSR count). The summed E-state index contributed by atoms with van der Waals surface area (Å²) in [6, 6.07) is 9.62. The van der Waals surface area contributed by atoms with E-state index >= 15 is 0 Å². The minimum Gasteiger partial charge on any atom is -0.357 e. The maximum absolute atomic E-state index is 11.2. The van der Waals surface area contributed by atoms with Gasteiger partial charge in [-0.15, -0.1) is 0 Å². The summed E-state index contributed by atoms with van der Waals surface area (Å²) in [5.74, 6) is 0.761. The first-order valence-electron chi connectivity index (χ1n) is 7.25. The fourth-order valence-corrected chi connectivity index (χ4v) is 2.36. The number of pyridine rings is 1. The van der Waals surface area contributed by atoms with E-state index in [1.807, 2.05) is 6.07 Å². The Hall–Kier alpha value is -3.26. The fraction of sp³-hybridized carbons (Fsp3) is 0.0625. The quantitative estimate of drug-likeness (QED) is 0.527. The molecule has 2 aromatic heterocycles. The molecule has 0 aliphatic rings. The summed E-state index contributed by atoms with van der Waals surface area (Å²) in [7, 11) is 1.69. The first-order valence-corrected chi connectivity index (χ1v) is 7.63. The standard InChI is InChI=1S/C16H13ClN6O2/c1-18-16-21-12(10-3-2-6-19-9-10)8-15(22-16)20-13-7-11(17)4-5-14(13)23(24)25/h2-9H,1H3,(H2,18,20,21,22). The lowest BCUT2D eigenvalue weighted by Gasteiger charge is -2.10. The topological polar surface area (TPSA) is 106 Å². The second-order valence-corrected chi connectivity index (χ2v) is 5.43. The van der Waals surface area contributed by atoms with Crippen LogP contribution in [0.1, 0.15) is 0 Å². The Morgan fingerprint density at radius 3 is 2.72 bits per heavy atom. The second kappa shape index (κ2) is 7.10. The largest absolute Gasteiger partial charge is 0.357 e. The van der Waals surface area contributed by atoms with Crippen LogP contribution < -0.4 is 10.6 Å². The molecular weight excluding hydrogens is 344 g/mol. The lowest BCUT2D eigenvalue weighted by atomic mass is 10.2. The number of nitrogens with zero attached hydrogens (tertiary/aromatic N) is 4. The SMILES string of the molecule is CNc1nc(Nc2cc(Cl)ccc2[N+](=O)[O-])cc(-c2cccnc2)n1. The van der Waals surface area contributed by atoms with E-state index in [0.717, 1.165) is 5.56 Å². The predicted molar refractivity (Wildman–Crippen MR) is 96.2 cm³/mol. The molecule has 0 saturated heterocycles. The van der Waals surface area contributed by atoms with Crippen molar-refractivity contribution >= 4 is 34.7 Å². The average molecular weight is 357 g/mol. The van der Waals surface area contributed by atoms with E-state index < -0.39 is 4.92 Å². The molecule has 0 radical (unpaired) electrons. The van der Waals surface area contributed by atoms with Crippen molar-refractivity contribution in [1.29, 1.82) is 0 Å². The normalized spacial score (nSPS) is 10.3. The summed E-state index contributed by atoms with van der Waals surface area (Å²) in [5.41, 5.74) is 1.57. The number of nitrogens with one attached hydrogen (secondary N) is 2. The smallest absolute Gasteiger partial charge is 0.292 e. The van der Waals surface area contributed by atoms with E-state index in [4.69, 9.17) is 11.6 Å². The van der Waals surface area contributed by atoms with Crippen LogP contribution in [0, 0.1) is 10.1 Å². The molecule has 0 bridgehead atoms. The van der Waals surface area contributed by atoms with Gasteiger partial charge in [0.15, 0.2) is 0 Å². The van der Waals surface area contributed by atoms with E-state index in [1.54, 1.807) is 31.6 Å². The zero-order chi connectivity index (χ0) is 17.8. The van der Waals surface area contributed by atoms with E-state index in [9.17, 15) is 10.1 Å². The Labute approximate surface area is 148 Å². The van der Waals surface area contributed by atoms with Crippen LogP contribution in [0.15, 0.2) is 48.8 Å². The zero-order valence-electron chi connectivity index (χ0n) is 13.1. The van der Waals surface area contributed by atoms with Gasteiger partial charge in [0.25, 0.3) is 5.69 Å². The van der Waals surface area contributed by atoms with Crippen LogP contribution in [-0.4, -0.2) is 26.9 Å². The molecule has 8 nitrogen and oxygen atoms in total. The lowest BCUT2D eigenvalue weighted by molar-refractivity contribution is -0.383. The van der Waals surface area contributed by atoms with Crippen LogP contribution in [0.3, 0.4) is 0 Å². The Morgan fingerprint density at radius 1 is 1.20 bits per heavy atom. The number of hydrogen-bond donors (Lipinski definition) is 2. The van der Waals surface area contributed by atoms with Crippen molar-refractivity contribution in [3.63, 3.8) is 0 Å². The van der Waals surface area contributed by atoms with Gasteiger partial charge in [-0.3, -0.25) is 15.1 Å². The van der Waals surface area contributed by atoms with Gasteiger partial charge in [0, 0.05) is 42.2 Å². The van der Waals surface area contributed by atoms with Gasteiger partial charge in [0.1, 0.15) is 11.5 Å². The third-order valence-electron chi connectivity index (χ3n) is 3.33. The van der Waals surface area contributed by atoms with Crippen molar-refractivity contribution < 1.29 is 4.92 Å². The molecule has 9 heteroatoms. The van der Waals surface area contributed by atoms with Crippen LogP contribution in [0.5, 0.6) is 0 Å². The van der Waals surface area contributed by atoms with Gasteiger partial charge in [-0.2, -0.15) is 4.98 Å². The molecule has 25 heavy (non-hydrogen) atoms. The van der Waals surface area contributed by atoms with Crippen LogP contribution in [-0.2, 0) is 0 Å². The van der Waals surface area contributed by atoms with Crippen molar-refractivity contribution in [2.75, 3.05) is 17.7 Å². The molecule has 1 aromatic carbocycles. The molecule has 3 aromatic rings. The van der Waals surface area contributed by atoms with Gasteiger partial charge >= 0.3 is 0 Å². The van der Waals surface area contributed by atoms with Crippen LogP contribution in [0.25, 0.3) is 11.3 Å². The Balaban J connectivity index is 2.04. The molecule has 2 heterocycles. The minimum absolute atomic E-state index is 0.100. The summed E-state index contributed by atoms with van der Waals surface area (Å²) in [6.07, 6.45) is 3.34. The molecule has 0 aliphatic heterocycles. The van der Waals surface area contributed by atoms with Crippen LogP contribution in [0.4, 0.5) is 23.1 Å². The Kier molecular flexibility index (Phi) is 4.71. The highest BCUT2D eigenvalue weighted by Crippen LogP contribution is 2.31. The third kappa shape index (κ3) is 3.81. The summed E-state index contributed by atoms with van der Waals surface area (Å²) in [4.78, 5) is 23.4. The highest BCUT2D eigenvalue weighted by Gasteiger charge is 2.15. The Morgan fingerprint density at radius 2 is 2.04 bits per heavy atom. The number of nitro groups is 1. The highest BCUT2D eigenvalue weighted by molar-refractivity contribution is 6.31. The lowest BCUT2D eigenvalue weighted by Crippen LogP contribution is -2.03. The fourth-order valence-electron chi connectivity index (χ4n) is 2.19. The van der Waals surface area contributed by atoms with Crippen LogP contribution in [0.2, 0.25) is 5.02 Å². The maximum atomic E-state index is 11.2. The van der Waals surface area contributed by atoms with Gasteiger partial charge in [-0.25, -0.2) is 4.98 Å². The van der Waals surface area contributed by atoms with Gasteiger partial charge < -0.3 is 10.6 Å². The number of hydrogen-bond acceptors (Lipinski definition) is 7. The molecule has 0 atom stereocenters. The number of aromatic nitrogens is 3. The molecule has 0 spiro atoms. The molecule has 126 valence electrons. The van der Waals surface area contributed by atoms with E-state index in [0.29, 0.717) is 22.5 Å². The molecular formula is C16H13ClN6O2. The van der Waals surface area contributed by atoms with Crippen molar-refractivity contribution in [2.45, 2.75) is 0 Å². The van der Waals surface area contributed by atoms with Gasteiger partial charge in [0.2, 0.25) is 5.95 Å². The molecule has 0 amide bonds. The Bertz CT molecular complexity index is 920. The first kappa shape index (κ1) is 16.6. The summed E-state index contributed by atoms with van der Waals surface area (Å²) in [6.45, 7) is 0. The number of nitro benzene ring substituents is 1. The van der Waals surface area contributed by atoms with Crippen molar-refractivity contribution in [1.82, 2.24) is 15.0 Å². The van der Waals surface area contributed by atoms with Crippen molar-refractivity contribution in [2.24, 2.45) is 0 Å². The summed E-state index contributed by atoms with van der Waals surface area (Å²) < 4.78 is 0. The molecule has 0 unspecified atom stereocenters. The maximum Gasteiger partial charge on any atom is 0.292 e. The van der Waals surface area contributed by atoms with Crippen LogP contribution >= 0.6 is 11.6 Å². The van der Waals surface area contributed by atoms with Gasteiger partial charge in [-0.05, 0) is 24.3 Å². The third-order valence-corrected chi connectivity index (χ3v) is 3.56. The van der Waals surface area contributed by atoms with E-state index in [1.165, 1.54) is 18.2 Å². The monoisotopic (exact) mass is 356 g/mol.